The zero-order valence-electron chi connectivity index (χ0n) is 16.1. The van der Waals surface area contributed by atoms with Crippen molar-refractivity contribution >= 4 is 33.5 Å². The second-order valence-corrected chi connectivity index (χ2v) is 8.41. The number of carbonyl (C=O) groups is 3. The molecule has 1 fully saturated rings. The van der Waals surface area contributed by atoms with E-state index in [1.165, 1.54) is 18.2 Å². The molecule has 3 rings (SSSR count). The van der Waals surface area contributed by atoms with Crippen molar-refractivity contribution in [1.82, 2.24) is 9.62 Å². The van der Waals surface area contributed by atoms with E-state index in [0.29, 0.717) is 6.07 Å². The van der Waals surface area contributed by atoms with Crippen LogP contribution in [0, 0.1) is 11.6 Å². The molecule has 0 aromatic heterocycles. The first-order valence-corrected chi connectivity index (χ1v) is 10.3. The number of nitrogens with zero attached hydrogens (tertiary/aromatic N) is 1. The van der Waals surface area contributed by atoms with Crippen LogP contribution in [0.15, 0.2) is 41.3 Å². The number of carbonyl (C=O) groups excluding carboxylic acids is 3. The summed E-state index contributed by atoms with van der Waals surface area (Å²) in [5.74, 6) is -4.71. The highest BCUT2D eigenvalue weighted by Crippen LogP contribution is 2.22. The van der Waals surface area contributed by atoms with E-state index in [-0.39, 0.29) is 30.1 Å². The molecule has 1 aliphatic rings. The first-order valence-electron chi connectivity index (χ1n) is 8.89. The summed E-state index contributed by atoms with van der Waals surface area (Å²) in [5.41, 5.74) is -1.21. The van der Waals surface area contributed by atoms with Crippen molar-refractivity contribution < 1.29 is 36.3 Å². The first kappa shape index (κ1) is 22.3. The van der Waals surface area contributed by atoms with Gasteiger partial charge in [-0.1, -0.05) is 6.07 Å². The van der Waals surface area contributed by atoms with E-state index >= 15 is 0 Å². The fraction of sp³-hybridized carbons (Fsp3) is 0.211. The van der Waals surface area contributed by atoms with Crippen LogP contribution in [0.4, 0.5) is 14.5 Å². The molecule has 1 heterocycles. The van der Waals surface area contributed by atoms with Crippen molar-refractivity contribution in [2.75, 3.05) is 32.1 Å². The molecule has 2 amide bonds. The molecule has 1 saturated heterocycles. The number of hydrogen-bond acceptors (Lipinski definition) is 6. The number of halogens is 2. The van der Waals surface area contributed by atoms with E-state index in [9.17, 15) is 31.6 Å². The Morgan fingerprint density at radius 1 is 1.16 bits per heavy atom. The summed E-state index contributed by atoms with van der Waals surface area (Å²) in [6, 6.07) is 6.13. The average Bonchev–Trinajstić information content (AvgIpc) is 2.75. The standard InChI is InChI=1S/C19H17F2N3O6S/c1-30-19(27)13-8-16(15(21)9-14(13)20)23-18(26)11-3-2-4-12(7-11)31(28,29)24-6-5-22-17(25)10-24/h2-4,7-9H,5-6,10H2,1H3,(H,22,25)(H,23,26). The molecule has 1 aliphatic heterocycles. The lowest BCUT2D eigenvalue weighted by atomic mass is 10.1. The van der Waals surface area contributed by atoms with Crippen molar-refractivity contribution in [3.8, 4) is 0 Å². The summed E-state index contributed by atoms with van der Waals surface area (Å²) in [6.07, 6.45) is 0. The molecule has 0 bridgehead atoms. The topological polar surface area (TPSA) is 122 Å². The second-order valence-electron chi connectivity index (χ2n) is 6.47. The number of methoxy groups -OCH3 is 1. The number of ether oxygens (including phenoxy) is 1. The number of benzene rings is 2. The third-order valence-electron chi connectivity index (χ3n) is 4.45. The van der Waals surface area contributed by atoms with Gasteiger partial charge in [-0.05, 0) is 24.3 Å². The van der Waals surface area contributed by atoms with Gasteiger partial charge >= 0.3 is 5.97 Å². The van der Waals surface area contributed by atoms with Gasteiger partial charge in [0.25, 0.3) is 5.91 Å². The minimum Gasteiger partial charge on any atom is -0.465 e. The second kappa shape index (κ2) is 8.78. The van der Waals surface area contributed by atoms with Gasteiger partial charge in [-0.3, -0.25) is 9.59 Å². The lowest BCUT2D eigenvalue weighted by molar-refractivity contribution is -0.122. The predicted molar refractivity (Wildman–Crippen MR) is 104 cm³/mol. The Labute approximate surface area is 176 Å². The highest BCUT2D eigenvalue weighted by Gasteiger charge is 2.29. The molecular formula is C19H17F2N3O6S. The fourth-order valence-corrected chi connectivity index (χ4v) is 4.32. The van der Waals surface area contributed by atoms with Crippen molar-refractivity contribution in [3.63, 3.8) is 0 Å². The number of amides is 2. The highest BCUT2D eigenvalue weighted by atomic mass is 32.2. The zero-order chi connectivity index (χ0) is 22.8. The molecule has 9 nitrogen and oxygen atoms in total. The van der Waals surface area contributed by atoms with Gasteiger partial charge < -0.3 is 15.4 Å². The molecular weight excluding hydrogens is 436 g/mol. The summed E-state index contributed by atoms with van der Waals surface area (Å²) in [5, 5.41) is 4.69. The molecule has 0 unspecified atom stereocenters. The Bertz CT molecular complexity index is 1170. The quantitative estimate of drug-likeness (QED) is 0.655. The fourth-order valence-electron chi connectivity index (χ4n) is 2.87. The minimum absolute atomic E-state index is 0.0710. The number of anilines is 1. The summed E-state index contributed by atoms with van der Waals surface area (Å²) in [6.45, 7) is -0.123. The van der Waals surface area contributed by atoms with Gasteiger partial charge in [0.05, 0.1) is 29.8 Å². The Hall–Kier alpha value is -3.38. The van der Waals surface area contributed by atoms with Crippen molar-refractivity contribution in [1.29, 1.82) is 0 Å². The van der Waals surface area contributed by atoms with Crippen LogP contribution in [0.3, 0.4) is 0 Å². The third-order valence-corrected chi connectivity index (χ3v) is 6.29. The maximum Gasteiger partial charge on any atom is 0.340 e. The van der Waals surface area contributed by atoms with Gasteiger partial charge in [0.2, 0.25) is 15.9 Å². The summed E-state index contributed by atoms with van der Waals surface area (Å²) in [7, 11) is -3.04. The van der Waals surface area contributed by atoms with Gasteiger partial charge in [-0.2, -0.15) is 4.31 Å². The Morgan fingerprint density at radius 2 is 1.90 bits per heavy atom. The normalized spacial score (nSPS) is 14.6. The molecule has 12 heteroatoms. The largest absolute Gasteiger partial charge is 0.465 e. The van der Waals surface area contributed by atoms with Crippen LogP contribution in [0.5, 0.6) is 0 Å². The third kappa shape index (κ3) is 4.70. The van der Waals surface area contributed by atoms with Gasteiger partial charge in [-0.15, -0.1) is 0 Å². The molecule has 0 radical (unpaired) electrons. The van der Waals surface area contributed by atoms with Crippen LogP contribution >= 0.6 is 0 Å². The Kier molecular flexibility index (Phi) is 6.32. The number of piperazine rings is 1. The molecule has 31 heavy (non-hydrogen) atoms. The van der Waals surface area contributed by atoms with Crippen molar-refractivity contribution in [3.05, 3.63) is 59.2 Å². The van der Waals surface area contributed by atoms with Crippen LogP contribution in [0.2, 0.25) is 0 Å². The lowest BCUT2D eigenvalue weighted by Gasteiger charge is -2.26. The summed E-state index contributed by atoms with van der Waals surface area (Å²) in [4.78, 5) is 35.4. The predicted octanol–water partition coefficient (Wildman–Crippen LogP) is 1.12. The Morgan fingerprint density at radius 3 is 2.58 bits per heavy atom. The molecule has 2 aromatic rings. The molecule has 2 N–H and O–H groups in total. The monoisotopic (exact) mass is 453 g/mol. The zero-order valence-corrected chi connectivity index (χ0v) is 17.0. The van der Waals surface area contributed by atoms with Gasteiger partial charge in [0.1, 0.15) is 11.6 Å². The van der Waals surface area contributed by atoms with Crippen molar-refractivity contribution in [2.45, 2.75) is 4.90 Å². The summed E-state index contributed by atoms with van der Waals surface area (Å²) >= 11 is 0. The van der Waals surface area contributed by atoms with Crippen LogP contribution in [-0.2, 0) is 19.6 Å². The lowest BCUT2D eigenvalue weighted by Crippen LogP contribution is -2.49. The summed E-state index contributed by atoms with van der Waals surface area (Å²) < 4.78 is 58.8. The smallest absolute Gasteiger partial charge is 0.340 e. The van der Waals surface area contributed by atoms with Crippen LogP contribution < -0.4 is 10.6 Å². The van der Waals surface area contributed by atoms with Gasteiger partial charge in [0.15, 0.2) is 0 Å². The molecule has 0 aliphatic carbocycles. The van der Waals surface area contributed by atoms with Crippen LogP contribution in [0.25, 0.3) is 0 Å². The van der Waals surface area contributed by atoms with Crippen LogP contribution in [-0.4, -0.2) is 57.3 Å². The number of nitrogens with one attached hydrogen (secondary N) is 2. The van der Waals surface area contributed by atoms with E-state index in [4.69, 9.17) is 0 Å². The number of hydrogen-bond donors (Lipinski definition) is 2. The molecule has 0 spiro atoms. The molecule has 0 atom stereocenters. The van der Waals surface area contributed by atoms with E-state index < -0.39 is 50.7 Å². The Balaban J connectivity index is 1.87. The van der Waals surface area contributed by atoms with E-state index in [0.717, 1.165) is 23.5 Å². The van der Waals surface area contributed by atoms with Crippen molar-refractivity contribution in [2.24, 2.45) is 0 Å². The van der Waals surface area contributed by atoms with Gasteiger partial charge in [0, 0.05) is 24.7 Å². The maximum absolute atomic E-state index is 14.1. The SMILES string of the molecule is COC(=O)c1cc(NC(=O)c2cccc(S(=O)(=O)N3CCNC(=O)C3)c2)c(F)cc1F. The van der Waals surface area contributed by atoms with E-state index in [1.54, 1.807) is 0 Å². The number of rotatable bonds is 5. The molecule has 164 valence electrons. The van der Waals surface area contributed by atoms with E-state index in [1.807, 2.05) is 0 Å². The minimum atomic E-state index is -4.05. The molecule has 0 saturated carbocycles. The first-order chi connectivity index (χ1) is 14.6. The molecule has 2 aromatic carbocycles. The maximum atomic E-state index is 14.1. The number of sulfonamides is 1. The highest BCUT2D eigenvalue weighted by molar-refractivity contribution is 7.89. The number of esters is 1. The van der Waals surface area contributed by atoms with E-state index in [2.05, 4.69) is 15.4 Å². The van der Waals surface area contributed by atoms with Crippen LogP contribution in [0.1, 0.15) is 20.7 Å². The van der Waals surface area contributed by atoms with Gasteiger partial charge in [-0.25, -0.2) is 22.0 Å². The average molecular weight is 453 g/mol.